The molecule has 1 aromatic heterocycles. The molecule has 5 nitrogen and oxygen atoms in total. The van der Waals surface area contributed by atoms with Gasteiger partial charge in [-0.3, -0.25) is 14.7 Å². The molecule has 1 atom stereocenters. The van der Waals surface area contributed by atoms with Crippen LogP contribution in [0.25, 0.3) is 0 Å². The van der Waals surface area contributed by atoms with Crippen molar-refractivity contribution >= 4 is 5.91 Å². The summed E-state index contributed by atoms with van der Waals surface area (Å²) in [5, 5.41) is 0. The first-order chi connectivity index (χ1) is 13.0. The lowest BCUT2D eigenvalue weighted by Crippen LogP contribution is -2.43. The molecule has 3 rings (SSSR count). The number of carbonyl (C=O) groups is 1. The van der Waals surface area contributed by atoms with Crippen LogP contribution in [-0.2, 0) is 17.9 Å². The Bertz CT molecular complexity index is 792. The number of ether oxygens (including phenoxy) is 1. The zero-order valence-electron chi connectivity index (χ0n) is 16.7. The molecule has 1 aliphatic rings. The first-order valence-electron chi connectivity index (χ1n) is 9.53. The summed E-state index contributed by atoms with van der Waals surface area (Å²) < 4.78 is 5.49. The van der Waals surface area contributed by atoms with E-state index in [0.717, 1.165) is 48.5 Å². The maximum Gasteiger partial charge on any atom is 0.240 e. The number of likely N-dealkylation sites (N-methyl/N-ethyl adjacent to an activating group) is 1. The van der Waals surface area contributed by atoms with E-state index in [9.17, 15) is 4.79 Å². The smallest absolute Gasteiger partial charge is 0.240 e. The van der Waals surface area contributed by atoms with Crippen molar-refractivity contribution in [3.8, 4) is 5.75 Å². The van der Waals surface area contributed by atoms with Crippen molar-refractivity contribution in [2.24, 2.45) is 0 Å². The number of hydrogen-bond donors (Lipinski definition) is 0. The molecule has 0 N–H and O–H groups in total. The van der Waals surface area contributed by atoms with Crippen LogP contribution in [0.5, 0.6) is 5.75 Å². The maximum absolute atomic E-state index is 13.1. The number of carbonyl (C=O) groups excluding carboxylic acids is 1. The van der Waals surface area contributed by atoms with E-state index in [1.54, 1.807) is 12.0 Å². The molecule has 2 heterocycles. The lowest BCUT2D eigenvalue weighted by Gasteiger charge is -2.28. The summed E-state index contributed by atoms with van der Waals surface area (Å²) in [5.41, 5.74) is 4.16. The Morgan fingerprint density at radius 3 is 2.74 bits per heavy atom. The molecule has 0 aliphatic carbocycles. The SMILES string of the molecule is COc1c(C)cnc(CN(C)C(=O)C2CCCN2Cc2ccccc2)c1C. The number of benzene rings is 1. The van der Waals surface area contributed by atoms with Crippen molar-refractivity contribution in [1.29, 1.82) is 0 Å². The monoisotopic (exact) mass is 367 g/mol. The number of amides is 1. The molecule has 0 spiro atoms. The van der Waals surface area contributed by atoms with Crippen LogP contribution in [-0.4, -0.2) is 47.4 Å². The molecule has 5 heteroatoms. The van der Waals surface area contributed by atoms with Crippen molar-refractivity contribution in [2.45, 2.75) is 45.8 Å². The van der Waals surface area contributed by atoms with Crippen LogP contribution in [0.1, 0.15) is 35.2 Å². The van der Waals surface area contributed by atoms with Crippen LogP contribution in [0.4, 0.5) is 0 Å². The van der Waals surface area contributed by atoms with Crippen LogP contribution in [0, 0.1) is 13.8 Å². The summed E-state index contributed by atoms with van der Waals surface area (Å²) in [5.74, 6) is 1.02. The van der Waals surface area contributed by atoms with Crippen molar-refractivity contribution in [2.75, 3.05) is 20.7 Å². The van der Waals surface area contributed by atoms with E-state index in [1.807, 2.05) is 45.3 Å². The summed E-state index contributed by atoms with van der Waals surface area (Å²) in [4.78, 5) is 21.7. The van der Waals surface area contributed by atoms with Crippen molar-refractivity contribution < 1.29 is 9.53 Å². The zero-order valence-corrected chi connectivity index (χ0v) is 16.7. The van der Waals surface area contributed by atoms with Gasteiger partial charge in [0.25, 0.3) is 0 Å². The highest BCUT2D eigenvalue weighted by Gasteiger charge is 2.32. The van der Waals surface area contributed by atoms with Crippen LogP contribution in [0.3, 0.4) is 0 Å². The lowest BCUT2D eigenvalue weighted by atomic mass is 10.1. The second kappa shape index (κ2) is 8.53. The first-order valence-corrected chi connectivity index (χ1v) is 9.53. The second-order valence-corrected chi connectivity index (χ2v) is 7.35. The quantitative estimate of drug-likeness (QED) is 0.786. The average molecular weight is 367 g/mol. The third-order valence-electron chi connectivity index (χ3n) is 5.39. The van der Waals surface area contributed by atoms with Crippen molar-refractivity contribution in [3.63, 3.8) is 0 Å². The van der Waals surface area contributed by atoms with E-state index in [0.29, 0.717) is 6.54 Å². The van der Waals surface area contributed by atoms with Crippen LogP contribution >= 0.6 is 0 Å². The van der Waals surface area contributed by atoms with Gasteiger partial charge in [-0.2, -0.15) is 0 Å². The molecule has 1 aliphatic heterocycles. The molecule has 1 fully saturated rings. The van der Waals surface area contributed by atoms with E-state index in [4.69, 9.17) is 4.74 Å². The highest BCUT2D eigenvalue weighted by atomic mass is 16.5. The molecule has 0 saturated carbocycles. The van der Waals surface area contributed by atoms with Crippen LogP contribution in [0.2, 0.25) is 0 Å². The van der Waals surface area contributed by atoms with Crippen LogP contribution < -0.4 is 4.74 Å². The molecule has 1 amide bonds. The first kappa shape index (κ1) is 19.4. The highest BCUT2D eigenvalue weighted by molar-refractivity contribution is 5.82. The van der Waals surface area contributed by atoms with Gasteiger partial charge in [0.15, 0.2) is 0 Å². The molecule has 0 bridgehead atoms. The molecule has 2 aromatic rings. The van der Waals surface area contributed by atoms with Crippen LogP contribution in [0.15, 0.2) is 36.5 Å². The Labute approximate surface area is 162 Å². The van der Waals surface area contributed by atoms with Gasteiger partial charge in [0.2, 0.25) is 5.91 Å². The van der Waals surface area contributed by atoms with E-state index in [-0.39, 0.29) is 11.9 Å². The topological polar surface area (TPSA) is 45.7 Å². The van der Waals surface area contributed by atoms with Gasteiger partial charge in [-0.1, -0.05) is 30.3 Å². The summed E-state index contributed by atoms with van der Waals surface area (Å²) >= 11 is 0. The third kappa shape index (κ3) is 4.30. The largest absolute Gasteiger partial charge is 0.496 e. The minimum Gasteiger partial charge on any atom is -0.496 e. The summed E-state index contributed by atoms with van der Waals surface area (Å²) in [6.07, 6.45) is 3.79. The van der Waals surface area contributed by atoms with Gasteiger partial charge in [0.1, 0.15) is 5.75 Å². The molecule has 0 radical (unpaired) electrons. The number of aryl methyl sites for hydroxylation is 1. The van der Waals surface area contributed by atoms with E-state index < -0.39 is 0 Å². The number of pyridine rings is 1. The molecule has 144 valence electrons. The second-order valence-electron chi connectivity index (χ2n) is 7.35. The van der Waals surface area contributed by atoms with E-state index in [1.165, 1.54) is 5.56 Å². The fraction of sp³-hybridized carbons (Fsp3) is 0.455. The Morgan fingerprint density at radius 1 is 1.30 bits per heavy atom. The van der Waals surface area contributed by atoms with Crippen molar-refractivity contribution in [3.05, 3.63) is 58.9 Å². The third-order valence-corrected chi connectivity index (χ3v) is 5.39. The molecule has 1 unspecified atom stereocenters. The van der Waals surface area contributed by atoms with Gasteiger partial charge in [-0.15, -0.1) is 0 Å². The fourth-order valence-corrected chi connectivity index (χ4v) is 3.90. The summed E-state index contributed by atoms with van der Waals surface area (Å²) in [7, 11) is 3.54. The molecular formula is C22H29N3O2. The summed E-state index contributed by atoms with van der Waals surface area (Å²) in [6, 6.07) is 10.3. The molecule has 1 saturated heterocycles. The number of nitrogens with zero attached hydrogens (tertiary/aromatic N) is 3. The van der Waals surface area contributed by atoms with Gasteiger partial charge in [-0.05, 0) is 38.8 Å². The lowest BCUT2D eigenvalue weighted by molar-refractivity contribution is -0.135. The van der Waals surface area contributed by atoms with E-state index >= 15 is 0 Å². The Morgan fingerprint density at radius 2 is 2.04 bits per heavy atom. The number of hydrogen-bond acceptors (Lipinski definition) is 4. The minimum atomic E-state index is -0.0529. The van der Waals surface area contributed by atoms with Gasteiger partial charge < -0.3 is 9.64 Å². The predicted octanol–water partition coefficient (Wildman–Crippen LogP) is 3.33. The highest BCUT2D eigenvalue weighted by Crippen LogP contribution is 2.26. The maximum atomic E-state index is 13.1. The van der Waals surface area contributed by atoms with Gasteiger partial charge in [0, 0.05) is 30.9 Å². The van der Waals surface area contributed by atoms with E-state index in [2.05, 4.69) is 22.0 Å². The molecular weight excluding hydrogens is 338 g/mol. The fourth-order valence-electron chi connectivity index (χ4n) is 3.90. The minimum absolute atomic E-state index is 0.0529. The normalized spacial score (nSPS) is 17.1. The Hall–Kier alpha value is -2.40. The molecule has 1 aromatic carbocycles. The van der Waals surface area contributed by atoms with Gasteiger partial charge in [0.05, 0.1) is 25.4 Å². The zero-order chi connectivity index (χ0) is 19.4. The molecule has 27 heavy (non-hydrogen) atoms. The van der Waals surface area contributed by atoms with Gasteiger partial charge >= 0.3 is 0 Å². The number of likely N-dealkylation sites (tertiary alicyclic amines) is 1. The van der Waals surface area contributed by atoms with Gasteiger partial charge in [-0.25, -0.2) is 0 Å². The number of aromatic nitrogens is 1. The standard InChI is InChI=1S/C22H29N3O2/c1-16-13-23-19(17(2)21(16)27-4)15-24(3)22(26)20-11-8-12-25(20)14-18-9-6-5-7-10-18/h5-7,9-10,13,20H,8,11-12,14-15H2,1-4H3. The number of methoxy groups -OCH3 is 1. The Balaban J connectivity index is 1.69. The van der Waals surface area contributed by atoms with Crippen molar-refractivity contribution in [1.82, 2.24) is 14.8 Å². The number of rotatable bonds is 6. The average Bonchev–Trinajstić information content (AvgIpc) is 3.12. The predicted molar refractivity (Wildman–Crippen MR) is 107 cm³/mol. The summed E-state index contributed by atoms with van der Waals surface area (Å²) in [6.45, 7) is 6.27. The Kier molecular flexibility index (Phi) is 6.11.